The lowest BCUT2D eigenvalue weighted by molar-refractivity contribution is -0.118. The number of benzene rings is 2. The maximum atomic E-state index is 12.5. The van der Waals surface area contributed by atoms with Gasteiger partial charge >= 0.3 is 0 Å². The Balaban J connectivity index is 1.35. The average molecular weight is 443 g/mol. The van der Waals surface area contributed by atoms with Gasteiger partial charge in [0.05, 0.1) is 0 Å². The van der Waals surface area contributed by atoms with Gasteiger partial charge in [0, 0.05) is 29.6 Å². The summed E-state index contributed by atoms with van der Waals surface area (Å²) in [6.07, 6.45) is 0.372. The van der Waals surface area contributed by atoms with E-state index in [1.54, 1.807) is 29.2 Å². The van der Waals surface area contributed by atoms with E-state index in [2.05, 4.69) is 15.5 Å². The Kier molecular flexibility index (Phi) is 5.96. The first kappa shape index (κ1) is 20.3. The summed E-state index contributed by atoms with van der Waals surface area (Å²) >= 11 is 7.11. The molecular formula is C21H19ClN4O3S. The highest BCUT2D eigenvalue weighted by molar-refractivity contribution is 7.15. The molecule has 1 fully saturated rings. The lowest BCUT2D eigenvalue weighted by Gasteiger charge is -2.18. The second kappa shape index (κ2) is 8.81. The number of para-hydroxylation sites is 1. The van der Waals surface area contributed by atoms with Crippen LogP contribution in [-0.2, 0) is 9.59 Å². The summed E-state index contributed by atoms with van der Waals surface area (Å²) in [4.78, 5) is 26.4. The van der Waals surface area contributed by atoms with Crippen molar-refractivity contribution in [3.8, 4) is 5.75 Å². The van der Waals surface area contributed by atoms with Crippen LogP contribution in [0.3, 0.4) is 0 Å². The van der Waals surface area contributed by atoms with E-state index in [1.807, 2.05) is 31.2 Å². The molecule has 4 rings (SSSR count). The predicted octanol–water partition coefficient (Wildman–Crippen LogP) is 4.04. The number of aromatic nitrogens is 2. The quantitative estimate of drug-likeness (QED) is 0.622. The van der Waals surface area contributed by atoms with Gasteiger partial charge in [0.15, 0.2) is 6.61 Å². The van der Waals surface area contributed by atoms with Crippen molar-refractivity contribution < 1.29 is 14.3 Å². The number of carbonyl (C=O) groups is 2. The molecule has 3 aromatic rings. The van der Waals surface area contributed by atoms with Gasteiger partial charge < -0.3 is 9.64 Å². The molecule has 0 spiro atoms. The van der Waals surface area contributed by atoms with Gasteiger partial charge in [-0.05, 0) is 42.8 Å². The second-order valence-corrected chi connectivity index (χ2v) is 8.37. The fourth-order valence-electron chi connectivity index (χ4n) is 3.26. The molecule has 30 heavy (non-hydrogen) atoms. The number of ether oxygens (including phenoxy) is 1. The molecule has 1 aliphatic rings. The smallest absolute Gasteiger partial charge is 0.264 e. The van der Waals surface area contributed by atoms with Crippen molar-refractivity contribution >= 4 is 45.6 Å². The first-order valence-electron chi connectivity index (χ1n) is 9.37. The number of amides is 2. The molecular weight excluding hydrogens is 424 g/mol. The van der Waals surface area contributed by atoms with Gasteiger partial charge in [0.25, 0.3) is 5.91 Å². The van der Waals surface area contributed by atoms with Gasteiger partial charge in [0.2, 0.25) is 11.0 Å². The molecule has 0 radical (unpaired) electrons. The van der Waals surface area contributed by atoms with Crippen LogP contribution in [0.5, 0.6) is 5.75 Å². The first-order valence-corrected chi connectivity index (χ1v) is 10.6. The molecule has 7 nitrogen and oxygen atoms in total. The second-order valence-electron chi connectivity index (χ2n) is 6.93. The number of halogens is 1. The number of nitrogens with one attached hydrogen (secondary N) is 1. The van der Waals surface area contributed by atoms with Crippen LogP contribution < -0.4 is 15.0 Å². The van der Waals surface area contributed by atoms with E-state index in [9.17, 15) is 9.59 Å². The van der Waals surface area contributed by atoms with Crippen molar-refractivity contribution in [1.29, 1.82) is 0 Å². The highest BCUT2D eigenvalue weighted by Gasteiger charge is 2.34. The number of rotatable bonds is 6. The molecule has 1 aliphatic heterocycles. The Morgan fingerprint density at radius 2 is 2.00 bits per heavy atom. The summed E-state index contributed by atoms with van der Waals surface area (Å²) in [6, 6.07) is 14.6. The lowest BCUT2D eigenvalue weighted by Crippen LogP contribution is -2.25. The molecule has 1 aromatic heterocycles. The van der Waals surface area contributed by atoms with E-state index >= 15 is 0 Å². The molecule has 2 amide bonds. The van der Waals surface area contributed by atoms with Crippen LogP contribution in [0.2, 0.25) is 5.02 Å². The number of nitrogens with zero attached hydrogens (tertiary/aromatic N) is 3. The van der Waals surface area contributed by atoms with Gasteiger partial charge in [-0.3, -0.25) is 14.9 Å². The normalized spacial score (nSPS) is 16.0. The van der Waals surface area contributed by atoms with Crippen molar-refractivity contribution in [2.75, 3.05) is 23.4 Å². The third-order valence-corrected chi connectivity index (χ3v) is 6.00. The van der Waals surface area contributed by atoms with E-state index in [0.29, 0.717) is 28.9 Å². The topological polar surface area (TPSA) is 84.4 Å². The van der Waals surface area contributed by atoms with Crippen LogP contribution in [0, 0.1) is 6.92 Å². The maximum Gasteiger partial charge on any atom is 0.264 e. The van der Waals surface area contributed by atoms with Crippen LogP contribution in [-0.4, -0.2) is 35.2 Å². The highest BCUT2D eigenvalue weighted by Crippen LogP contribution is 2.35. The minimum atomic E-state index is -0.336. The van der Waals surface area contributed by atoms with Crippen molar-refractivity contribution in [3.05, 3.63) is 64.1 Å². The number of hydrogen-bond acceptors (Lipinski definition) is 6. The van der Waals surface area contributed by atoms with Crippen LogP contribution >= 0.6 is 22.9 Å². The van der Waals surface area contributed by atoms with Gasteiger partial charge in [-0.15, -0.1) is 10.2 Å². The van der Waals surface area contributed by atoms with Crippen molar-refractivity contribution in [1.82, 2.24) is 10.2 Å². The molecule has 0 unspecified atom stereocenters. The zero-order valence-corrected chi connectivity index (χ0v) is 17.7. The standard InChI is InChI=1S/C21H19ClN4O3S/c1-13-4-2-3-5-17(13)26-11-14(10-19(26)28)20-24-25-21(30-20)23-18(27)12-29-16-8-6-15(22)7-9-16/h2-9,14H,10-12H2,1H3,(H,23,25,27)/t14-/m0/s1. The van der Waals surface area contributed by atoms with Gasteiger partial charge in [-0.25, -0.2) is 0 Å². The first-order chi connectivity index (χ1) is 14.5. The Morgan fingerprint density at radius 3 is 2.77 bits per heavy atom. The van der Waals surface area contributed by atoms with E-state index < -0.39 is 0 Å². The minimum Gasteiger partial charge on any atom is -0.484 e. The zero-order chi connectivity index (χ0) is 21.1. The summed E-state index contributed by atoms with van der Waals surface area (Å²) in [5.41, 5.74) is 1.97. The molecule has 9 heteroatoms. The Hall–Kier alpha value is -2.97. The van der Waals surface area contributed by atoms with Gasteiger partial charge in [-0.1, -0.05) is 41.1 Å². The molecule has 0 aliphatic carbocycles. The van der Waals surface area contributed by atoms with E-state index in [1.165, 1.54) is 11.3 Å². The van der Waals surface area contributed by atoms with Crippen molar-refractivity contribution in [2.24, 2.45) is 0 Å². The maximum absolute atomic E-state index is 12.5. The van der Waals surface area contributed by atoms with Crippen LogP contribution in [0.4, 0.5) is 10.8 Å². The molecule has 1 atom stereocenters. The number of anilines is 2. The average Bonchev–Trinajstić information content (AvgIpc) is 3.34. The van der Waals surface area contributed by atoms with Crippen molar-refractivity contribution in [2.45, 2.75) is 19.3 Å². The predicted molar refractivity (Wildman–Crippen MR) is 116 cm³/mol. The lowest BCUT2D eigenvalue weighted by atomic mass is 10.1. The number of hydrogen-bond donors (Lipinski definition) is 1. The fourth-order valence-corrected chi connectivity index (χ4v) is 4.23. The largest absolute Gasteiger partial charge is 0.484 e. The molecule has 0 saturated carbocycles. The molecule has 1 N–H and O–H groups in total. The summed E-state index contributed by atoms with van der Waals surface area (Å²) in [5.74, 6) is 0.224. The van der Waals surface area contributed by atoms with E-state index in [4.69, 9.17) is 16.3 Å². The monoisotopic (exact) mass is 442 g/mol. The van der Waals surface area contributed by atoms with Crippen LogP contribution in [0.1, 0.15) is 22.9 Å². The van der Waals surface area contributed by atoms with Crippen LogP contribution in [0.25, 0.3) is 0 Å². The summed E-state index contributed by atoms with van der Waals surface area (Å²) in [6.45, 7) is 2.38. The summed E-state index contributed by atoms with van der Waals surface area (Å²) in [7, 11) is 0. The van der Waals surface area contributed by atoms with Gasteiger partial charge in [0.1, 0.15) is 10.8 Å². The van der Waals surface area contributed by atoms with Crippen molar-refractivity contribution in [3.63, 3.8) is 0 Å². The Labute approximate surface area is 182 Å². The summed E-state index contributed by atoms with van der Waals surface area (Å²) < 4.78 is 5.42. The minimum absolute atomic E-state index is 0.0504. The third kappa shape index (κ3) is 4.60. The fraction of sp³-hybridized carbons (Fsp3) is 0.238. The number of aryl methyl sites for hydroxylation is 1. The molecule has 1 saturated heterocycles. The Morgan fingerprint density at radius 1 is 1.23 bits per heavy atom. The van der Waals surface area contributed by atoms with Gasteiger partial charge in [-0.2, -0.15) is 0 Å². The molecule has 2 heterocycles. The molecule has 2 aromatic carbocycles. The number of carbonyl (C=O) groups excluding carboxylic acids is 2. The van der Waals surface area contributed by atoms with E-state index in [0.717, 1.165) is 16.3 Å². The molecule has 0 bridgehead atoms. The highest BCUT2D eigenvalue weighted by atomic mass is 35.5. The zero-order valence-electron chi connectivity index (χ0n) is 16.2. The SMILES string of the molecule is Cc1ccccc1N1C[C@@H](c2nnc(NC(=O)COc3ccc(Cl)cc3)s2)CC1=O. The van der Waals surface area contributed by atoms with Crippen LogP contribution in [0.15, 0.2) is 48.5 Å². The third-order valence-electron chi connectivity index (χ3n) is 4.75. The Bertz CT molecular complexity index is 1070. The molecule has 154 valence electrons. The van der Waals surface area contributed by atoms with E-state index in [-0.39, 0.29) is 24.3 Å². The summed E-state index contributed by atoms with van der Waals surface area (Å²) in [5, 5.41) is 12.6.